The Hall–Kier alpha value is -1.15. The molecule has 1 saturated heterocycles. The van der Waals surface area contributed by atoms with E-state index in [1.807, 2.05) is 18.4 Å². The molecule has 1 aromatic heterocycles. The number of methoxy groups -OCH3 is 1. The lowest BCUT2D eigenvalue weighted by atomic mass is 10.2. The van der Waals surface area contributed by atoms with Crippen molar-refractivity contribution in [3.8, 4) is 0 Å². The van der Waals surface area contributed by atoms with Gasteiger partial charge in [-0.15, -0.1) is 11.3 Å². The zero-order chi connectivity index (χ0) is 17.9. The van der Waals surface area contributed by atoms with Crippen LogP contribution in [0.5, 0.6) is 0 Å². The van der Waals surface area contributed by atoms with Crippen LogP contribution in [0, 0.1) is 0 Å². The van der Waals surface area contributed by atoms with Gasteiger partial charge in [0.2, 0.25) is 0 Å². The third-order valence-corrected chi connectivity index (χ3v) is 5.58. The van der Waals surface area contributed by atoms with Crippen molar-refractivity contribution in [2.24, 2.45) is 4.99 Å². The molecule has 1 aliphatic heterocycles. The second-order valence-corrected chi connectivity index (χ2v) is 7.43. The lowest BCUT2D eigenvalue weighted by Gasteiger charge is -2.27. The van der Waals surface area contributed by atoms with Crippen molar-refractivity contribution in [1.82, 2.24) is 20.4 Å². The van der Waals surface area contributed by atoms with Crippen molar-refractivity contribution in [1.29, 1.82) is 0 Å². The first-order chi connectivity index (χ1) is 12.2. The molecule has 1 aromatic rings. The van der Waals surface area contributed by atoms with E-state index >= 15 is 0 Å². The number of hydrogen-bond acceptors (Lipinski definition) is 5. The largest absolute Gasteiger partial charge is 0.383 e. The first kappa shape index (κ1) is 20.2. The van der Waals surface area contributed by atoms with Gasteiger partial charge in [0.1, 0.15) is 0 Å². The van der Waals surface area contributed by atoms with Crippen LogP contribution in [0.25, 0.3) is 0 Å². The summed E-state index contributed by atoms with van der Waals surface area (Å²) in [6.07, 6.45) is 2.62. The maximum absolute atomic E-state index is 5.11. The van der Waals surface area contributed by atoms with E-state index < -0.39 is 0 Å². The predicted molar refractivity (Wildman–Crippen MR) is 107 cm³/mol. The zero-order valence-electron chi connectivity index (χ0n) is 15.8. The summed E-state index contributed by atoms with van der Waals surface area (Å²) in [6, 6.07) is 4.83. The summed E-state index contributed by atoms with van der Waals surface area (Å²) >= 11 is 1.85. The molecule has 2 heterocycles. The van der Waals surface area contributed by atoms with Crippen LogP contribution in [-0.4, -0.2) is 82.8 Å². The van der Waals surface area contributed by atoms with E-state index in [0.29, 0.717) is 6.04 Å². The van der Waals surface area contributed by atoms with Gasteiger partial charge in [-0.2, -0.15) is 0 Å². The zero-order valence-corrected chi connectivity index (χ0v) is 16.6. The van der Waals surface area contributed by atoms with Crippen LogP contribution in [0.2, 0.25) is 0 Å². The van der Waals surface area contributed by atoms with E-state index in [4.69, 9.17) is 4.74 Å². The standard InChI is InChI=1S/C18H33N5OS/c1-19-18(20-8-11-22(2)12-13-24-3)21-15-16(17-7-6-14-25-17)23-9-4-5-10-23/h6-7,14,16H,4-5,8-13,15H2,1-3H3,(H2,19,20,21). The van der Waals surface area contributed by atoms with Gasteiger partial charge in [-0.25, -0.2) is 0 Å². The third kappa shape index (κ3) is 6.93. The predicted octanol–water partition coefficient (Wildman–Crippen LogP) is 1.63. The van der Waals surface area contributed by atoms with Crippen LogP contribution in [0.3, 0.4) is 0 Å². The van der Waals surface area contributed by atoms with Crippen molar-refractivity contribution >= 4 is 17.3 Å². The van der Waals surface area contributed by atoms with Crippen LogP contribution >= 0.6 is 11.3 Å². The molecule has 0 aromatic carbocycles. The fourth-order valence-corrected chi connectivity index (χ4v) is 3.94. The lowest BCUT2D eigenvalue weighted by molar-refractivity contribution is 0.162. The fraction of sp³-hybridized carbons (Fsp3) is 0.722. The van der Waals surface area contributed by atoms with Crippen LogP contribution in [0.4, 0.5) is 0 Å². The molecular weight excluding hydrogens is 334 g/mol. The van der Waals surface area contributed by atoms with Gasteiger partial charge < -0.3 is 20.3 Å². The average Bonchev–Trinajstić information content (AvgIpc) is 3.33. The highest BCUT2D eigenvalue weighted by atomic mass is 32.1. The molecule has 1 fully saturated rings. The number of aliphatic imine (C=N–C) groups is 1. The first-order valence-electron chi connectivity index (χ1n) is 9.14. The topological polar surface area (TPSA) is 52.1 Å². The van der Waals surface area contributed by atoms with Gasteiger partial charge in [-0.05, 0) is 44.4 Å². The van der Waals surface area contributed by atoms with Gasteiger partial charge in [-0.1, -0.05) is 6.07 Å². The van der Waals surface area contributed by atoms with E-state index in [1.165, 1.54) is 30.8 Å². The smallest absolute Gasteiger partial charge is 0.191 e. The highest BCUT2D eigenvalue weighted by Crippen LogP contribution is 2.27. The molecule has 2 N–H and O–H groups in total. The minimum atomic E-state index is 0.436. The van der Waals surface area contributed by atoms with Crippen molar-refractivity contribution in [3.63, 3.8) is 0 Å². The monoisotopic (exact) mass is 367 g/mol. The Kier molecular flexibility index (Phi) is 9.25. The molecule has 0 spiro atoms. The van der Waals surface area contributed by atoms with Crippen LogP contribution < -0.4 is 10.6 Å². The van der Waals surface area contributed by atoms with Crippen LogP contribution in [-0.2, 0) is 4.74 Å². The Morgan fingerprint density at radius 2 is 2.16 bits per heavy atom. The number of likely N-dealkylation sites (N-methyl/N-ethyl adjacent to an activating group) is 1. The van der Waals surface area contributed by atoms with Gasteiger partial charge in [0.25, 0.3) is 0 Å². The minimum absolute atomic E-state index is 0.436. The van der Waals surface area contributed by atoms with Gasteiger partial charge in [0, 0.05) is 45.2 Å². The van der Waals surface area contributed by atoms with E-state index in [9.17, 15) is 0 Å². The summed E-state index contributed by atoms with van der Waals surface area (Å²) in [4.78, 5) is 10.6. The number of likely N-dealkylation sites (tertiary alicyclic amines) is 1. The van der Waals surface area contributed by atoms with Crippen LogP contribution in [0.1, 0.15) is 23.8 Å². The van der Waals surface area contributed by atoms with Crippen molar-refractivity contribution in [2.75, 3.05) is 67.1 Å². The third-order valence-electron chi connectivity index (χ3n) is 4.60. The highest BCUT2D eigenvalue weighted by Gasteiger charge is 2.24. The average molecular weight is 368 g/mol. The summed E-state index contributed by atoms with van der Waals surface area (Å²) in [7, 11) is 5.68. The molecule has 0 aliphatic carbocycles. The molecular formula is C18H33N5OS. The van der Waals surface area contributed by atoms with E-state index in [2.05, 4.69) is 50.0 Å². The number of rotatable bonds is 10. The molecule has 0 bridgehead atoms. The molecule has 1 unspecified atom stereocenters. The Labute approximate surface area is 156 Å². The summed E-state index contributed by atoms with van der Waals surface area (Å²) in [5.41, 5.74) is 0. The van der Waals surface area contributed by atoms with Gasteiger partial charge in [-0.3, -0.25) is 9.89 Å². The number of guanidine groups is 1. The molecule has 1 atom stereocenters. The van der Waals surface area contributed by atoms with E-state index in [0.717, 1.165) is 38.7 Å². The van der Waals surface area contributed by atoms with Crippen LogP contribution in [0.15, 0.2) is 22.5 Å². The summed E-state index contributed by atoms with van der Waals surface area (Å²) in [5, 5.41) is 9.09. The number of ether oxygens (including phenoxy) is 1. The van der Waals surface area contributed by atoms with Crippen molar-refractivity contribution in [2.45, 2.75) is 18.9 Å². The number of nitrogens with one attached hydrogen (secondary N) is 2. The van der Waals surface area contributed by atoms with Gasteiger partial charge in [0.15, 0.2) is 5.96 Å². The van der Waals surface area contributed by atoms with Gasteiger partial charge >= 0.3 is 0 Å². The molecule has 7 heteroatoms. The molecule has 0 radical (unpaired) electrons. The second kappa shape index (κ2) is 11.5. The Balaban J connectivity index is 1.77. The summed E-state index contributed by atoms with van der Waals surface area (Å²) in [5.74, 6) is 0.876. The van der Waals surface area contributed by atoms with E-state index in [-0.39, 0.29) is 0 Å². The number of hydrogen-bond donors (Lipinski definition) is 2. The Bertz CT molecular complexity index is 488. The highest BCUT2D eigenvalue weighted by molar-refractivity contribution is 7.10. The molecule has 1 aliphatic rings. The SMILES string of the molecule is CN=C(NCCN(C)CCOC)NCC(c1cccs1)N1CCCC1. The molecule has 0 amide bonds. The quantitative estimate of drug-likeness (QED) is 0.486. The molecule has 142 valence electrons. The number of nitrogens with zero attached hydrogens (tertiary/aromatic N) is 3. The Morgan fingerprint density at radius 1 is 1.36 bits per heavy atom. The number of thiophene rings is 1. The maximum atomic E-state index is 5.11. The minimum Gasteiger partial charge on any atom is -0.383 e. The summed E-state index contributed by atoms with van der Waals surface area (Å²) < 4.78 is 5.11. The van der Waals surface area contributed by atoms with Gasteiger partial charge in [0.05, 0.1) is 12.6 Å². The summed E-state index contributed by atoms with van der Waals surface area (Å²) in [6.45, 7) is 6.82. The molecule has 2 rings (SSSR count). The second-order valence-electron chi connectivity index (χ2n) is 6.45. The van der Waals surface area contributed by atoms with Crippen molar-refractivity contribution < 1.29 is 4.74 Å². The molecule has 25 heavy (non-hydrogen) atoms. The Morgan fingerprint density at radius 3 is 2.80 bits per heavy atom. The maximum Gasteiger partial charge on any atom is 0.191 e. The molecule has 0 saturated carbocycles. The van der Waals surface area contributed by atoms with Crippen molar-refractivity contribution in [3.05, 3.63) is 22.4 Å². The molecule has 6 nitrogen and oxygen atoms in total. The lowest BCUT2D eigenvalue weighted by Crippen LogP contribution is -2.44. The van der Waals surface area contributed by atoms with E-state index in [1.54, 1.807) is 7.11 Å². The normalized spacial score (nSPS) is 17.2. The fourth-order valence-electron chi connectivity index (χ4n) is 3.08. The first-order valence-corrected chi connectivity index (χ1v) is 10.0.